The number of rotatable bonds is 3. The van der Waals surface area contributed by atoms with E-state index in [1.165, 1.54) is 0 Å². The van der Waals surface area contributed by atoms with Gasteiger partial charge in [-0.2, -0.15) is 0 Å². The molecule has 0 unspecified atom stereocenters. The van der Waals surface area contributed by atoms with Gasteiger partial charge in [0.25, 0.3) is 5.69 Å². The quantitative estimate of drug-likeness (QED) is 0.515. The summed E-state index contributed by atoms with van der Waals surface area (Å²) in [7, 11) is 0. The molecule has 0 fully saturated rings. The molecule has 100 valence electrons. The Kier molecular flexibility index (Phi) is 3.46. The molecule has 0 saturated heterocycles. The van der Waals surface area contributed by atoms with Crippen LogP contribution >= 0.6 is 0 Å². The minimum Gasteiger partial charge on any atom is -0.478 e. The molecule has 0 bridgehead atoms. The van der Waals surface area contributed by atoms with E-state index >= 15 is 0 Å². The second-order valence-corrected chi connectivity index (χ2v) is 4.09. The van der Waals surface area contributed by atoms with E-state index in [-0.39, 0.29) is 5.69 Å². The van der Waals surface area contributed by atoms with E-state index in [2.05, 4.69) is 0 Å². The number of benzene rings is 1. The molecule has 1 N–H and O–H groups in total. The van der Waals surface area contributed by atoms with Gasteiger partial charge in [0.2, 0.25) is 0 Å². The van der Waals surface area contributed by atoms with Crippen molar-refractivity contribution < 1.29 is 19.2 Å². The average molecular weight is 266 g/mol. The number of halogens is 1. The van der Waals surface area contributed by atoms with E-state index < -0.39 is 28.0 Å². The zero-order valence-corrected chi connectivity index (χ0v) is 9.88. The third-order valence-corrected chi connectivity index (χ3v) is 2.89. The second kappa shape index (κ2) is 5.05. The Bertz CT molecular complexity index is 571. The van der Waals surface area contributed by atoms with Gasteiger partial charge in [0.15, 0.2) is 0 Å². The first kappa shape index (κ1) is 13.0. The van der Waals surface area contributed by atoms with Crippen LogP contribution in [-0.4, -0.2) is 29.1 Å². The Morgan fingerprint density at radius 3 is 2.68 bits per heavy atom. The highest BCUT2D eigenvalue weighted by atomic mass is 19.1. The predicted octanol–water partition coefficient (Wildman–Crippen LogP) is 2.20. The molecule has 0 aliphatic carbocycles. The molecule has 19 heavy (non-hydrogen) atoms. The van der Waals surface area contributed by atoms with Crippen molar-refractivity contribution in [1.29, 1.82) is 0 Å². The molecule has 1 aliphatic heterocycles. The van der Waals surface area contributed by atoms with Crippen LogP contribution in [0.5, 0.6) is 0 Å². The lowest BCUT2D eigenvalue weighted by molar-refractivity contribution is -0.384. The van der Waals surface area contributed by atoms with Crippen LogP contribution in [0.4, 0.5) is 15.8 Å². The number of carbonyl (C=O) groups is 1. The van der Waals surface area contributed by atoms with Gasteiger partial charge in [0, 0.05) is 13.1 Å². The lowest BCUT2D eigenvalue weighted by Gasteiger charge is -2.25. The summed E-state index contributed by atoms with van der Waals surface area (Å²) in [6, 6.07) is 1.69. The van der Waals surface area contributed by atoms with Gasteiger partial charge in [-0.05, 0) is 12.5 Å². The van der Waals surface area contributed by atoms with E-state index in [1.807, 2.05) is 12.2 Å². The van der Waals surface area contributed by atoms with Crippen molar-refractivity contribution >= 4 is 17.3 Å². The fraction of sp³-hybridized carbons (Fsp3) is 0.250. The maximum Gasteiger partial charge on any atom is 0.338 e. The fourth-order valence-corrected chi connectivity index (χ4v) is 1.97. The number of carboxylic acids is 1. The highest BCUT2D eigenvalue weighted by molar-refractivity contribution is 5.90. The van der Waals surface area contributed by atoms with Gasteiger partial charge in [0.1, 0.15) is 11.5 Å². The largest absolute Gasteiger partial charge is 0.478 e. The standard InChI is InChI=1S/C12H11FN2O4/c13-9-7-11(15(18)19)10(6-8(9)12(16)17)14-4-2-1-3-5-14/h1-2,6-7H,3-5H2,(H,16,17). The van der Waals surface area contributed by atoms with E-state index in [0.29, 0.717) is 25.6 Å². The molecule has 0 aromatic heterocycles. The Morgan fingerprint density at radius 1 is 1.42 bits per heavy atom. The molecule has 7 heteroatoms. The molecule has 1 aromatic rings. The van der Waals surface area contributed by atoms with Gasteiger partial charge < -0.3 is 10.0 Å². The smallest absolute Gasteiger partial charge is 0.338 e. The highest BCUT2D eigenvalue weighted by Crippen LogP contribution is 2.32. The molecule has 2 rings (SSSR count). The minimum absolute atomic E-state index is 0.133. The molecule has 0 amide bonds. The summed E-state index contributed by atoms with van der Waals surface area (Å²) in [5, 5.41) is 19.8. The van der Waals surface area contributed by atoms with Crippen molar-refractivity contribution in [3.8, 4) is 0 Å². The number of aromatic carboxylic acids is 1. The number of nitrogens with zero attached hydrogens (tertiary/aromatic N) is 2. The van der Waals surface area contributed by atoms with Crippen molar-refractivity contribution in [3.63, 3.8) is 0 Å². The summed E-state index contributed by atoms with van der Waals surface area (Å²) in [6.45, 7) is 0.966. The molecule has 1 heterocycles. The lowest BCUT2D eigenvalue weighted by Crippen LogP contribution is -2.27. The van der Waals surface area contributed by atoms with Crippen LogP contribution in [0.25, 0.3) is 0 Å². The summed E-state index contributed by atoms with van der Waals surface area (Å²) in [5.74, 6) is -2.54. The number of hydrogen-bond acceptors (Lipinski definition) is 4. The highest BCUT2D eigenvalue weighted by Gasteiger charge is 2.25. The summed E-state index contributed by atoms with van der Waals surface area (Å²) in [4.78, 5) is 22.8. The number of anilines is 1. The Morgan fingerprint density at radius 2 is 2.16 bits per heavy atom. The molecule has 0 spiro atoms. The molecule has 1 aromatic carbocycles. The summed E-state index contributed by atoms with van der Waals surface area (Å²) >= 11 is 0. The van der Waals surface area contributed by atoms with Crippen molar-refractivity contribution in [1.82, 2.24) is 0 Å². The van der Waals surface area contributed by atoms with Gasteiger partial charge in [-0.3, -0.25) is 10.1 Å². The third kappa shape index (κ3) is 2.54. The number of hydrogen-bond donors (Lipinski definition) is 1. The van der Waals surface area contributed by atoms with Gasteiger partial charge >= 0.3 is 5.97 Å². The van der Waals surface area contributed by atoms with Crippen LogP contribution in [0.1, 0.15) is 16.8 Å². The average Bonchev–Trinajstić information content (AvgIpc) is 2.38. The molecule has 0 saturated carbocycles. The molecule has 1 aliphatic rings. The Labute approximate surface area is 107 Å². The topological polar surface area (TPSA) is 83.7 Å². The monoisotopic (exact) mass is 266 g/mol. The first-order valence-electron chi connectivity index (χ1n) is 5.62. The van der Waals surface area contributed by atoms with Crippen molar-refractivity contribution in [2.24, 2.45) is 0 Å². The first-order valence-corrected chi connectivity index (χ1v) is 5.62. The Hall–Kier alpha value is -2.44. The Balaban J connectivity index is 2.55. The van der Waals surface area contributed by atoms with Crippen LogP contribution in [-0.2, 0) is 0 Å². The van der Waals surface area contributed by atoms with Crippen LogP contribution in [0.15, 0.2) is 24.3 Å². The summed E-state index contributed by atoms with van der Waals surface area (Å²) in [6.07, 6.45) is 4.47. The van der Waals surface area contributed by atoms with Crippen molar-refractivity contribution in [2.75, 3.05) is 18.0 Å². The van der Waals surface area contributed by atoms with E-state index in [0.717, 1.165) is 6.07 Å². The second-order valence-electron chi connectivity index (χ2n) is 4.09. The van der Waals surface area contributed by atoms with Crippen LogP contribution < -0.4 is 4.90 Å². The zero-order chi connectivity index (χ0) is 14.0. The molecule has 6 nitrogen and oxygen atoms in total. The van der Waals surface area contributed by atoms with Crippen molar-refractivity contribution in [3.05, 3.63) is 45.8 Å². The SMILES string of the molecule is O=C(O)c1cc(N2CC=CCC2)c([N+](=O)[O-])cc1F. The van der Waals surface area contributed by atoms with Gasteiger partial charge in [0.05, 0.1) is 16.6 Å². The number of nitro benzene ring substituents is 1. The predicted molar refractivity (Wildman–Crippen MR) is 66.0 cm³/mol. The maximum atomic E-state index is 13.5. The molecule has 0 atom stereocenters. The van der Waals surface area contributed by atoms with Gasteiger partial charge in [-0.1, -0.05) is 12.2 Å². The third-order valence-electron chi connectivity index (χ3n) is 2.89. The summed E-state index contributed by atoms with van der Waals surface area (Å²) in [5.41, 5.74) is -0.846. The first-order chi connectivity index (χ1) is 9.00. The minimum atomic E-state index is -1.44. The number of nitro groups is 1. The van der Waals surface area contributed by atoms with E-state index in [9.17, 15) is 19.3 Å². The molecular formula is C12H11FN2O4. The fourth-order valence-electron chi connectivity index (χ4n) is 1.97. The normalized spacial score (nSPS) is 14.5. The molecular weight excluding hydrogens is 255 g/mol. The zero-order valence-electron chi connectivity index (χ0n) is 9.88. The maximum absolute atomic E-state index is 13.5. The number of carboxylic acid groups (broad SMARTS) is 1. The van der Waals surface area contributed by atoms with Crippen LogP contribution in [0.2, 0.25) is 0 Å². The molecule has 0 radical (unpaired) electrons. The van der Waals surface area contributed by atoms with Crippen LogP contribution in [0.3, 0.4) is 0 Å². The van der Waals surface area contributed by atoms with E-state index in [1.54, 1.807) is 4.90 Å². The van der Waals surface area contributed by atoms with Gasteiger partial charge in [-0.15, -0.1) is 0 Å². The summed E-state index contributed by atoms with van der Waals surface area (Å²) < 4.78 is 13.5. The van der Waals surface area contributed by atoms with Crippen LogP contribution in [0, 0.1) is 15.9 Å². The van der Waals surface area contributed by atoms with E-state index in [4.69, 9.17) is 5.11 Å². The van der Waals surface area contributed by atoms with Gasteiger partial charge in [-0.25, -0.2) is 9.18 Å². The van der Waals surface area contributed by atoms with Crippen molar-refractivity contribution in [2.45, 2.75) is 6.42 Å². The lowest BCUT2D eigenvalue weighted by atomic mass is 10.1.